The maximum Gasteiger partial charge on any atom is 0.212 e. The molecule has 1 heterocycles. The standard InChI is InChI=1S/C10H18N2O3S/c1-9-4-5-10(15-9)8-12-16(13,14)7-3-2-6-11/h4-5,12H,2-3,6-8,11H2,1H3. The zero-order valence-electron chi connectivity index (χ0n) is 9.40. The molecule has 0 fully saturated rings. The zero-order valence-corrected chi connectivity index (χ0v) is 10.2. The van der Waals surface area contributed by atoms with Crippen LogP contribution in [0, 0.1) is 6.92 Å². The average Bonchev–Trinajstić information content (AvgIpc) is 2.62. The quantitative estimate of drug-likeness (QED) is 0.695. The molecule has 0 aliphatic rings. The van der Waals surface area contributed by atoms with Crippen LogP contribution in [0.3, 0.4) is 0 Å². The maximum atomic E-state index is 11.5. The smallest absolute Gasteiger partial charge is 0.212 e. The van der Waals surface area contributed by atoms with E-state index in [9.17, 15) is 8.42 Å². The first-order chi connectivity index (χ1) is 7.53. The van der Waals surface area contributed by atoms with E-state index in [1.807, 2.05) is 6.92 Å². The summed E-state index contributed by atoms with van der Waals surface area (Å²) in [5.41, 5.74) is 5.30. The van der Waals surface area contributed by atoms with Crippen molar-refractivity contribution >= 4 is 10.0 Å². The van der Waals surface area contributed by atoms with E-state index in [2.05, 4.69) is 4.72 Å². The van der Waals surface area contributed by atoms with Gasteiger partial charge >= 0.3 is 0 Å². The summed E-state index contributed by atoms with van der Waals surface area (Å²) >= 11 is 0. The van der Waals surface area contributed by atoms with Crippen LogP contribution in [-0.2, 0) is 16.6 Å². The predicted octanol–water partition coefficient (Wildman–Crippen LogP) is 0.746. The van der Waals surface area contributed by atoms with Crippen molar-refractivity contribution in [2.75, 3.05) is 12.3 Å². The molecule has 1 aromatic rings. The number of nitrogens with one attached hydrogen (secondary N) is 1. The third kappa shape index (κ3) is 4.78. The molecule has 0 radical (unpaired) electrons. The fourth-order valence-corrected chi connectivity index (χ4v) is 2.36. The number of hydrogen-bond acceptors (Lipinski definition) is 4. The van der Waals surface area contributed by atoms with Crippen molar-refractivity contribution in [2.45, 2.75) is 26.3 Å². The summed E-state index contributed by atoms with van der Waals surface area (Å²) in [6.07, 6.45) is 1.31. The molecule has 3 N–H and O–H groups in total. The minimum Gasteiger partial charge on any atom is -0.465 e. The molecule has 0 saturated heterocycles. The number of aryl methyl sites for hydroxylation is 1. The first-order valence-electron chi connectivity index (χ1n) is 5.26. The van der Waals surface area contributed by atoms with Gasteiger partial charge in [-0.15, -0.1) is 0 Å². The second-order valence-electron chi connectivity index (χ2n) is 3.65. The van der Waals surface area contributed by atoms with Gasteiger partial charge in [0.05, 0.1) is 12.3 Å². The SMILES string of the molecule is Cc1ccc(CNS(=O)(=O)CCCCN)o1. The molecule has 92 valence electrons. The second-order valence-corrected chi connectivity index (χ2v) is 5.57. The number of sulfonamides is 1. The lowest BCUT2D eigenvalue weighted by atomic mass is 10.3. The van der Waals surface area contributed by atoms with Gasteiger partial charge in [0.2, 0.25) is 10.0 Å². The van der Waals surface area contributed by atoms with Crippen LogP contribution in [0.5, 0.6) is 0 Å². The van der Waals surface area contributed by atoms with Crippen LogP contribution in [0.25, 0.3) is 0 Å². The first kappa shape index (κ1) is 13.2. The Bertz CT molecular complexity index is 411. The lowest BCUT2D eigenvalue weighted by Crippen LogP contribution is -2.26. The van der Waals surface area contributed by atoms with Gasteiger partial charge in [0.15, 0.2) is 0 Å². The average molecular weight is 246 g/mol. The largest absolute Gasteiger partial charge is 0.465 e. The number of hydrogen-bond donors (Lipinski definition) is 2. The fraction of sp³-hybridized carbons (Fsp3) is 0.600. The second kappa shape index (κ2) is 6.03. The molecule has 0 aromatic carbocycles. The maximum absolute atomic E-state index is 11.5. The summed E-state index contributed by atoms with van der Waals surface area (Å²) in [7, 11) is -3.21. The third-order valence-corrected chi connectivity index (χ3v) is 3.54. The summed E-state index contributed by atoms with van der Waals surface area (Å²) in [6.45, 7) is 2.55. The third-order valence-electron chi connectivity index (χ3n) is 2.13. The van der Waals surface area contributed by atoms with Crippen LogP contribution in [-0.4, -0.2) is 20.7 Å². The van der Waals surface area contributed by atoms with E-state index >= 15 is 0 Å². The molecule has 5 nitrogen and oxygen atoms in total. The Morgan fingerprint density at radius 1 is 1.38 bits per heavy atom. The van der Waals surface area contributed by atoms with E-state index in [0.717, 1.165) is 12.2 Å². The normalized spacial score (nSPS) is 11.9. The number of rotatable bonds is 7. The van der Waals surface area contributed by atoms with Gasteiger partial charge in [-0.3, -0.25) is 0 Å². The molecule has 0 aliphatic carbocycles. The summed E-state index contributed by atoms with van der Waals surface area (Å²) in [4.78, 5) is 0. The highest BCUT2D eigenvalue weighted by atomic mass is 32.2. The number of furan rings is 1. The van der Waals surface area contributed by atoms with Gasteiger partial charge in [0, 0.05) is 0 Å². The van der Waals surface area contributed by atoms with Crippen LogP contribution in [0.2, 0.25) is 0 Å². The van der Waals surface area contributed by atoms with Crippen molar-refractivity contribution in [3.05, 3.63) is 23.7 Å². The Labute approximate surface area is 96.1 Å². The van der Waals surface area contributed by atoms with Gasteiger partial charge in [-0.2, -0.15) is 0 Å². The van der Waals surface area contributed by atoms with Crippen LogP contribution < -0.4 is 10.5 Å². The molecule has 0 amide bonds. The van der Waals surface area contributed by atoms with Gasteiger partial charge in [-0.05, 0) is 38.4 Å². The molecule has 0 bridgehead atoms. The minimum absolute atomic E-state index is 0.115. The van der Waals surface area contributed by atoms with Gasteiger partial charge in [-0.1, -0.05) is 0 Å². The van der Waals surface area contributed by atoms with Crippen molar-refractivity contribution in [3.8, 4) is 0 Å². The highest BCUT2D eigenvalue weighted by Gasteiger charge is 2.10. The Morgan fingerprint density at radius 3 is 2.69 bits per heavy atom. The first-order valence-corrected chi connectivity index (χ1v) is 6.91. The Kier molecular flexibility index (Phi) is 4.98. The fourth-order valence-electron chi connectivity index (χ4n) is 1.27. The molecular weight excluding hydrogens is 228 g/mol. The predicted molar refractivity (Wildman–Crippen MR) is 62.4 cm³/mol. The van der Waals surface area contributed by atoms with Gasteiger partial charge in [-0.25, -0.2) is 13.1 Å². The topological polar surface area (TPSA) is 85.3 Å². The molecule has 16 heavy (non-hydrogen) atoms. The van der Waals surface area contributed by atoms with Gasteiger partial charge in [0.25, 0.3) is 0 Å². The monoisotopic (exact) mass is 246 g/mol. The van der Waals surface area contributed by atoms with Crippen molar-refractivity contribution in [1.29, 1.82) is 0 Å². The van der Waals surface area contributed by atoms with E-state index in [1.165, 1.54) is 0 Å². The summed E-state index contributed by atoms with van der Waals surface area (Å²) < 4.78 is 30.7. The molecule has 0 spiro atoms. The Morgan fingerprint density at radius 2 is 2.12 bits per heavy atom. The molecule has 6 heteroatoms. The Hall–Kier alpha value is -0.850. The van der Waals surface area contributed by atoms with Crippen LogP contribution in [0.15, 0.2) is 16.5 Å². The molecule has 1 rings (SSSR count). The van der Waals surface area contributed by atoms with E-state index in [1.54, 1.807) is 12.1 Å². The molecule has 0 aliphatic heterocycles. The zero-order chi connectivity index (χ0) is 12.0. The van der Waals surface area contributed by atoms with Crippen molar-refractivity contribution < 1.29 is 12.8 Å². The molecule has 1 aromatic heterocycles. The molecule has 0 unspecified atom stereocenters. The lowest BCUT2D eigenvalue weighted by Gasteiger charge is -2.04. The molecule has 0 saturated carbocycles. The summed E-state index contributed by atoms with van der Waals surface area (Å²) in [6, 6.07) is 3.57. The minimum atomic E-state index is -3.21. The van der Waals surface area contributed by atoms with Crippen LogP contribution in [0.4, 0.5) is 0 Å². The van der Waals surface area contributed by atoms with Gasteiger partial charge < -0.3 is 10.2 Å². The van der Waals surface area contributed by atoms with Crippen LogP contribution in [0.1, 0.15) is 24.4 Å². The highest BCUT2D eigenvalue weighted by Crippen LogP contribution is 2.06. The van der Waals surface area contributed by atoms with E-state index in [4.69, 9.17) is 10.2 Å². The van der Waals surface area contributed by atoms with Crippen molar-refractivity contribution in [2.24, 2.45) is 5.73 Å². The van der Waals surface area contributed by atoms with E-state index < -0.39 is 10.0 Å². The summed E-state index contributed by atoms with van der Waals surface area (Å²) in [5.74, 6) is 1.52. The van der Waals surface area contributed by atoms with Crippen LogP contribution >= 0.6 is 0 Å². The molecule has 0 atom stereocenters. The lowest BCUT2D eigenvalue weighted by molar-refractivity contribution is 0.475. The highest BCUT2D eigenvalue weighted by molar-refractivity contribution is 7.89. The summed E-state index contributed by atoms with van der Waals surface area (Å²) in [5, 5.41) is 0. The van der Waals surface area contributed by atoms with Crippen molar-refractivity contribution in [3.63, 3.8) is 0 Å². The van der Waals surface area contributed by atoms with Crippen molar-refractivity contribution in [1.82, 2.24) is 4.72 Å². The number of unbranched alkanes of at least 4 members (excludes halogenated alkanes) is 1. The van der Waals surface area contributed by atoms with E-state index in [-0.39, 0.29) is 12.3 Å². The van der Waals surface area contributed by atoms with E-state index in [0.29, 0.717) is 18.7 Å². The Balaban J connectivity index is 2.36. The molecular formula is C10H18N2O3S. The number of nitrogens with two attached hydrogens (primary N) is 1. The van der Waals surface area contributed by atoms with Gasteiger partial charge in [0.1, 0.15) is 11.5 Å².